The Bertz CT molecular complexity index is 521. The summed E-state index contributed by atoms with van der Waals surface area (Å²) in [5.41, 5.74) is 0. The molecule has 3 aliphatic rings. The van der Waals surface area contributed by atoms with Gasteiger partial charge in [-0.15, -0.1) is 0 Å². The van der Waals surface area contributed by atoms with Gasteiger partial charge >= 0.3 is 0 Å². The van der Waals surface area contributed by atoms with Crippen molar-refractivity contribution in [3.05, 3.63) is 0 Å². The Morgan fingerprint density at radius 3 is 2.46 bits per heavy atom. The number of nitrogens with one attached hydrogen (secondary N) is 2. The van der Waals surface area contributed by atoms with E-state index in [0.717, 1.165) is 69.7 Å². The molecule has 0 aromatic heterocycles. The third-order valence-electron chi connectivity index (χ3n) is 6.66. The summed E-state index contributed by atoms with van der Waals surface area (Å²) in [4.78, 5) is 21.7. The summed E-state index contributed by atoms with van der Waals surface area (Å²) in [5, 5.41) is 6.99. The average molecular weight is 392 g/mol. The van der Waals surface area contributed by atoms with Crippen LogP contribution >= 0.6 is 0 Å². The highest BCUT2D eigenvalue weighted by Crippen LogP contribution is 2.27. The van der Waals surface area contributed by atoms with Crippen LogP contribution in [0.4, 0.5) is 0 Å². The number of hydrogen-bond acceptors (Lipinski definition) is 3. The molecule has 0 spiro atoms. The summed E-state index contributed by atoms with van der Waals surface area (Å²) in [5.74, 6) is 3.19. The Kier molecular flexibility index (Phi) is 8.00. The van der Waals surface area contributed by atoms with Crippen molar-refractivity contribution < 1.29 is 4.79 Å². The van der Waals surface area contributed by atoms with Gasteiger partial charge < -0.3 is 20.4 Å². The van der Waals surface area contributed by atoms with Crippen molar-refractivity contribution in [2.45, 2.75) is 64.8 Å². The zero-order valence-corrected chi connectivity index (χ0v) is 18.3. The van der Waals surface area contributed by atoms with Gasteiger partial charge in [0.15, 0.2) is 5.96 Å². The number of rotatable bonds is 6. The van der Waals surface area contributed by atoms with Crippen molar-refractivity contribution in [1.82, 2.24) is 20.4 Å². The Balaban J connectivity index is 1.33. The minimum atomic E-state index is 0.288. The van der Waals surface area contributed by atoms with Gasteiger partial charge in [-0.25, -0.2) is 0 Å². The van der Waals surface area contributed by atoms with Gasteiger partial charge in [0.2, 0.25) is 5.91 Å². The molecule has 3 unspecified atom stereocenters. The Morgan fingerprint density at radius 2 is 1.79 bits per heavy atom. The zero-order valence-electron chi connectivity index (χ0n) is 18.3. The number of likely N-dealkylation sites (tertiary alicyclic amines) is 2. The topological polar surface area (TPSA) is 60.0 Å². The monoisotopic (exact) mass is 391 g/mol. The Morgan fingerprint density at radius 1 is 1.07 bits per heavy atom. The molecule has 0 aromatic rings. The summed E-state index contributed by atoms with van der Waals surface area (Å²) in [6, 6.07) is 0.320. The number of hydrogen-bond donors (Lipinski definition) is 2. The molecular formula is C22H41N5O. The van der Waals surface area contributed by atoms with Gasteiger partial charge in [0.05, 0.1) is 0 Å². The lowest BCUT2D eigenvalue weighted by molar-refractivity contribution is -0.134. The number of aliphatic imine (C=N–C) groups is 1. The van der Waals surface area contributed by atoms with E-state index in [2.05, 4.69) is 39.3 Å². The molecular weight excluding hydrogens is 350 g/mol. The molecule has 0 radical (unpaired) electrons. The molecule has 0 bridgehead atoms. The fraction of sp³-hybridized carbons (Fsp3) is 0.909. The molecule has 3 rings (SSSR count). The minimum absolute atomic E-state index is 0.288. The van der Waals surface area contributed by atoms with Gasteiger partial charge in [0.25, 0.3) is 0 Å². The molecule has 1 saturated carbocycles. The van der Waals surface area contributed by atoms with Crippen LogP contribution in [0.2, 0.25) is 0 Å². The van der Waals surface area contributed by atoms with Crippen molar-refractivity contribution >= 4 is 11.9 Å². The molecule has 160 valence electrons. The minimum Gasteiger partial charge on any atom is -0.356 e. The molecule has 1 amide bonds. The lowest BCUT2D eigenvalue weighted by Crippen LogP contribution is -2.46. The largest absolute Gasteiger partial charge is 0.356 e. The van der Waals surface area contributed by atoms with E-state index >= 15 is 0 Å². The zero-order chi connectivity index (χ0) is 19.9. The van der Waals surface area contributed by atoms with Crippen molar-refractivity contribution in [3.63, 3.8) is 0 Å². The SMILES string of the molecule is CN=C(NCCCN1CC(C)CC(C)C1)NC1CCN(C(=O)C2CCCC2)C1. The normalized spacial score (nSPS) is 30.0. The molecule has 3 fully saturated rings. The summed E-state index contributed by atoms with van der Waals surface area (Å²) in [6.07, 6.45) is 8.14. The van der Waals surface area contributed by atoms with Crippen LogP contribution in [0.3, 0.4) is 0 Å². The third kappa shape index (κ3) is 6.10. The predicted octanol–water partition coefficient (Wildman–Crippen LogP) is 2.31. The number of guanidine groups is 1. The fourth-order valence-corrected chi connectivity index (χ4v) is 5.38. The van der Waals surface area contributed by atoms with E-state index in [1.807, 2.05) is 7.05 Å². The second kappa shape index (κ2) is 10.5. The van der Waals surface area contributed by atoms with Gasteiger partial charge in [-0.05, 0) is 50.5 Å². The summed E-state index contributed by atoms with van der Waals surface area (Å²) >= 11 is 0. The molecule has 2 heterocycles. The first-order valence-electron chi connectivity index (χ1n) is 11.5. The van der Waals surface area contributed by atoms with E-state index in [-0.39, 0.29) is 5.92 Å². The van der Waals surface area contributed by atoms with Crippen LogP contribution in [0.25, 0.3) is 0 Å². The highest BCUT2D eigenvalue weighted by molar-refractivity contribution is 5.81. The number of nitrogens with zero attached hydrogens (tertiary/aromatic N) is 3. The average Bonchev–Trinajstić information content (AvgIpc) is 3.35. The molecule has 2 saturated heterocycles. The molecule has 2 N–H and O–H groups in total. The molecule has 2 aliphatic heterocycles. The summed E-state index contributed by atoms with van der Waals surface area (Å²) in [6.45, 7) is 11.0. The lowest BCUT2D eigenvalue weighted by Gasteiger charge is -2.35. The van der Waals surface area contributed by atoms with Gasteiger partial charge in [-0.2, -0.15) is 0 Å². The molecule has 28 heavy (non-hydrogen) atoms. The number of carbonyl (C=O) groups excluding carboxylic acids is 1. The smallest absolute Gasteiger partial charge is 0.225 e. The maximum absolute atomic E-state index is 12.6. The first kappa shape index (κ1) is 21.4. The van der Waals surface area contributed by atoms with Crippen molar-refractivity contribution in [2.24, 2.45) is 22.7 Å². The van der Waals surface area contributed by atoms with E-state index in [1.54, 1.807) is 0 Å². The first-order valence-corrected chi connectivity index (χ1v) is 11.5. The highest BCUT2D eigenvalue weighted by Gasteiger charge is 2.32. The third-order valence-corrected chi connectivity index (χ3v) is 6.66. The van der Waals surface area contributed by atoms with Crippen LogP contribution in [0.1, 0.15) is 58.8 Å². The molecule has 6 nitrogen and oxygen atoms in total. The first-order chi connectivity index (χ1) is 13.5. The maximum Gasteiger partial charge on any atom is 0.225 e. The van der Waals surface area contributed by atoms with Crippen molar-refractivity contribution in [1.29, 1.82) is 0 Å². The molecule has 1 aliphatic carbocycles. The quantitative estimate of drug-likeness (QED) is 0.414. The predicted molar refractivity (Wildman–Crippen MR) is 115 cm³/mol. The Labute approximate surface area is 171 Å². The van der Waals surface area contributed by atoms with Crippen LogP contribution in [0.15, 0.2) is 4.99 Å². The molecule has 6 heteroatoms. The number of amides is 1. The van der Waals surface area contributed by atoms with E-state index in [1.165, 1.54) is 32.4 Å². The van der Waals surface area contributed by atoms with Crippen molar-refractivity contribution in [2.75, 3.05) is 46.3 Å². The van der Waals surface area contributed by atoms with Crippen LogP contribution in [-0.4, -0.2) is 74.0 Å². The van der Waals surface area contributed by atoms with Crippen LogP contribution in [0.5, 0.6) is 0 Å². The van der Waals surface area contributed by atoms with E-state index in [0.29, 0.717) is 11.9 Å². The van der Waals surface area contributed by atoms with Crippen LogP contribution < -0.4 is 10.6 Å². The van der Waals surface area contributed by atoms with Gasteiger partial charge in [0.1, 0.15) is 0 Å². The standard InChI is InChI=1S/C22H41N5O/c1-17-13-18(2)15-26(14-17)11-6-10-24-22(23-3)25-20-9-12-27(16-20)21(28)19-7-4-5-8-19/h17-20H,4-16H2,1-3H3,(H2,23,24,25). The maximum atomic E-state index is 12.6. The van der Waals surface area contributed by atoms with Gasteiger partial charge in [0, 0.05) is 51.7 Å². The van der Waals surface area contributed by atoms with Crippen molar-refractivity contribution in [3.8, 4) is 0 Å². The second-order valence-electron chi connectivity index (χ2n) is 9.45. The summed E-state index contributed by atoms with van der Waals surface area (Å²) in [7, 11) is 1.83. The molecule has 0 aromatic carbocycles. The van der Waals surface area contributed by atoms with Gasteiger partial charge in [-0.1, -0.05) is 26.7 Å². The molecule has 3 atom stereocenters. The van der Waals surface area contributed by atoms with Crippen LogP contribution in [0, 0.1) is 17.8 Å². The van der Waals surface area contributed by atoms with E-state index in [9.17, 15) is 4.79 Å². The fourth-order valence-electron chi connectivity index (χ4n) is 5.38. The second-order valence-corrected chi connectivity index (χ2v) is 9.45. The van der Waals surface area contributed by atoms with Crippen LogP contribution in [-0.2, 0) is 4.79 Å². The van der Waals surface area contributed by atoms with Gasteiger partial charge in [-0.3, -0.25) is 9.79 Å². The summed E-state index contributed by atoms with van der Waals surface area (Å²) < 4.78 is 0. The lowest BCUT2D eigenvalue weighted by atomic mass is 9.92. The van der Waals surface area contributed by atoms with E-state index < -0.39 is 0 Å². The van der Waals surface area contributed by atoms with E-state index in [4.69, 9.17) is 0 Å². The number of carbonyl (C=O) groups is 1. The highest BCUT2D eigenvalue weighted by atomic mass is 16.2. The number of piperidine rings is 1. The Hall–Kier alpha value is -1.30.